The molecule has 3 heteroatoms. The molecule has 1 N–H and O–H groups in total. The summed E-state index contributed by atoms with van der Waals surface area (Å²) < 4.78 is 5.20. The normalized spacial score (nSPS) is 26.3. The van der Waals surface area contributed by atoms with E-state index in [9.17, 15) is 4.79 Å². The number of ether oxygens (including phenoxy) is 1. The van der Waals surface area contributed by atoms with Gasteiger partial charge in [0.25, 0.3) is 0 Å². The first-order valence-electron chi connectivity index (χ1n) is 6.21. The van der Waals surface area contributed by atoms with E-state index in [1.54, 1.807) is 0 Å². The molecule has 3 nitrogen and oxygen atoms in total. The van der Waals surface area contributed by atoms with Crippen LogP contribution in [0, 0.1) is 11.8 Å². The first-order chi connectivity index (χ1) is 7.34. The number of hydrogen-bond donors (Lipinski definition) is 1. The number of nitrogens with one attached hydrogen (secondary N) is 1. The summed E-state index contributed by atoms with van der Waals surface area (Å²) in [5.74, 6) is 1.38. The molecule has 2 aliphatic rings. The van der Waals surface area contributed by atoms with Gasteiger partial charge in [-0.05, 0) is 57.0 Å². The second-order valence-electron chi connectivity index (χ2n) is 4.88. The third kappa shape index (κ3) is 4.20. The van der Waals surface area contributed by atoms with Crippen molar-refractivity contribution in [3.05, 3.63) is 0 Å². The van der Waals surface area contributed by atoms with E-state index in [0.717, 1.165) is 19.5 Å². The van der Waals surface area contributed by atoms with Crippen molar-refractivity contribution >= 4 is 5.97 Å². The molecule has 0 aromatic carbocycles. The zero-order valence-electron chi connectivity index (χ0n) is 9.34. The van der Waals surface area contributed by atoms with Crippen LogP contribution >= 0.6 is 0 Å². The molecule has 0 aromatic rings. The summed E-state index contributed by atoms with van der Waals surface area (Å²) in [5, 5.41) is 3.37. The molecule has 1 saturated heterocycles. The van der Waals surface area contributed by atoms with Gasteiger partial charge in [-0.15, -0.1) is 0 Å². The van der Waals surface area contributed by atoms with Crippen LogP contribution in [0.15, 0.2) is 0 Å². The SMILES string of the molecule is O=C(CCC1CCCNC1)OCC1CC1. The lowest BCUT2D eigenvalue weighted by molar-refractivity contribution is -0.144. The van der Waals surface area contributed by atoms with Gasteiger partial charge in [-0.2, -0.15) is 0 Å². The lowest BCUT2D eigenvalue weighted by atomic mass is 9.95. The summed E-state index contributed by atoms with van der Waals surface area (Å²) in [6, 6.07) is 0. The van der Waals surface area contributed by atoms with Gasteiger partial charge in [0.05, 0.1) is 6.61 Å². The van der Waals surface area contributed by atoms with Crippen LogP contribution < -0.4 is 5.32 Å². The van der Waals surface area contributed by atoms with Crippen molar-refractivity contribution in [2.75, 3.05) is 19.7 Å². The molecule has 0 amide bonds. The van der Waals surface area contributed by atoms with Gasteiger partial charge in [-0.1, -0.05) is 0 Å². The Balaban J connectivity index is 1.53. The number of esters is 1. The van der Waals surface area contributed by atoms with E-state index in [-0.39, 0.29) is 5.97 Å². The minimum atomic E-state index is 0.00692. The second-order valence-corrected chi connectivity index (χ2v) is 4.88. The monoisotopic (exact) mass is 211 g/mol. The number of carbonyl (C=O) groups excluding carboxylic acids is 1. The predicted molar refractivity (Wildman–Crippen MR) is 58.5 cm³/mol. The molecule has 2 rings (SSSR count). The molecule has 0 radical (unpaired) electrons. The maximum atomic E-state index is 11.4. The van der Waals surface area contributed by atoms with Crippen LogP contribution in [0.2, 0.25) is 0 Å². The fourth-order valence-corrected chi connectivity index (χ4v) is 2.06. The number of hydrogen-bond acceptors (Lipinski definition) is 3. The van der Waals surface area contributed by atoms with Gasteiger partial charge in [0.2, 0.25) is 0 Å². The summed E-state index contributed by atoms with van der Waals surface area (Å²) in [6.07, 6.45) is 6.62. The van der Waals surface area contributed by atoms with E-state index < -0.39 is 0 Å². The summed E-state index contributed by atoms with van der Waals surface area (Å²) in [4.78, 5) is 11.4. The summed E-state index contributed by atoms with van der Waals surface area (Å²) in [7, 11) is 0. The molecule has 1 aliphatic heterocycles. The van der Waals surface area contributed by atoms with Gasteiger partial charge in [0.1, 0.15) is 0 Å². The third-order valence-electron chi connectivity index (χ3n) is 3.33. The smallest absolute Gasteiger partial charge is 0.305 e. The zero-order valence-corrected chi connectivity index (χ0v) is 9.34. The van der Waals surface area contributed by atoms with Crippen molar-refractivity contribution in [1.82, 2.24) is 5.32 Å². The molecule has 1 saturated carbocycles. The molecular formula is C12H21NO2. The lowest BCUT2D eigenvalue weighted by Crippen LogP contribution is -2.30. The van der Waals surface area contributed by atoms with Gasteiger partial charge in [0.15, 0.2) is 0 Å². The van der Waals surface area contributed by atoms with Crippen molar-refractivity contribution in [3.63, 3.8) is 0 Å². The Labute approximate surface area is 91.6 Å². The molecule has 1 unspecified atom stereocenters. The highest BCUT2D eigenvalue weighted by molar-refractivity contribution is 5.69. The van der Waals surface area contributed by atoms with Gasteiger partial charge >= 0.3 is 5.97 Å². The topological polar surface area (TPSA) is 38.3 Å². The summed E-state index contributed by atoms with van der Waals surface area (Å²) in [5.41, 5.74) is 0. The molecule has 0 bridgehead atoms. The molecule has 1 heterocycles. The second kappa shape index (κ2) is 5.50. The van der Waals surface area contributed by atoms with E-state index in [2.05, 4.69) is 5.32 Å². The van der Waals surface area contributed by atoms with E-state index >= 15 is 0 Å². The highest BCUT2D eigenvalue weighted by Gasteiger charge is 2.23. The lowest BCUT2D eigenvalue weighted by Gasteiger charge is -2.22. The van der Waals surface area contributed by atoms with E-state index in [1.807, 2.05) is 0 Å². The summed E-state index contributed by atoms with van der Waals surface area (Å²) in [6.45, 7) is 2.89. The Hall–Kier alpha value is -0.570. The van der Waals surface area contributed by atoms with Gasteiger partial charge in [-0.3, -0.25) is 4.79 Å². The molecule has 1 aliphatic carbocycles. The Bertz CT molecular complexity index is 208. The molecule has 15 heavy (non-hydrogen) atoms. The van der Waals surface area contributed by atoms with E-state index in [4.69, 9.17) is 4.74 Å². The molecular weight excluding hydrogens is 190 g/mol. The number of carbonyl (C=O) groups is 1. The Morgan fingerprint density at radius 1 is 1.27 bits per heavy atom. The molecule has 1 atom stereocenters. The molecule has 86 valence electrons. The third-order valence-corrected chi connectivity index (χ3v) is 3.33. The quantitative estimate of drug-likeness (QED) is 0.704. The van der Waals surface area contributed by atoms with Crippen molar-refractivity contribution in [2.45, 2.75) is 38.5 Å². The molecule has 0 spiro atoms. The average molecular weight is 211 g/mol. The first kappa shape index (κ1) is 10.9. The largest absolute Gasteiger partial charge is 0.465 e. The van der Waals surface area contributed by atoms with Crippen molar-refractivity contribution < 1.29 is 9.53 Å². The van der Waals surface area contributed by atoms with Crippen LogP contribution in [-0.2, 0) is 9.53 Å². The standard InChI is InChI=1S/C12H21NO2/c14-12(15-9-11-3-4-11)6-5-10-2-1-7-13-8-10/h10-11,13H,1-9H2. The van der Waals surface area contributed by atoms with Crippen molar-refractivity contribution in [2.24, 2.45) is 11.8 Å². The fraction of sp³-hybridized carbons (Fsp3) is 0.917. The maximum Gasteiger partial charge on any atom is 0.305 e. The van der Waals surface area contributed by atoms with Gasteiger partial charge in [0, 0.05) is 6.42 Å². The van der Waals surface area contributed by atoms with Crippen LogP contribution in [0.25, 0.3) is 0 Å². The highest BCUT2D eigenvalue weighted by Crippen LogP contribution is 2.29. The van der Waals surface area contributed by atoms with Crippen LogP contribution in [0.1, 0.15) is 38.5 Å². The van der Waals surface area contributed by atoms with Crippen LogP contribution in [-0.4, -0.2) is 25.7 Å². The van der Waals surface area contributed by atoms with E-state index in [0.29, 0.717) is 24.9 Å². The minimum Gasteiger partial charge on any atom is -0.465 e. The Kier molecular flexibility index (Phi) is 4.01. The summed E-state index contributed by atoms with van der Waals surface area (Å²) >= 11 is 0. The Morgan fingerprint density at radius 2 is 2.13 bits per heavy atom. The van der Waals surface area contributed by atoms with Crippen LogP contribution in [0.3, 0.4) is 0 Å². The molecule has 2 fully saturated rings. The maximum absolute atomic E-state index is 11.4. The number of piperidine rings is 1. The molecule has 0 aromatic heterocycles. The first-order valence-corrected chi connectivity index (χ1v) is 6.21. The van der Waals surface area contributed by atoms with Gasteiger partial charge < -0.3 is 10.1 Å². The minimum absolute atomic E-state index is 0.00692. The van der Waals surface area contributed by atoms with Crippen LogP contribution in [0.5, 0.6) is 0 Å². The number of rotatable bonds is 5. The van der Waals surface area contributed by atoms with E-state index in [1.165, 1.54) is 25.7 Å². The van der Waals surface area contributed by atoms with Crippen LogP contribution in [0.4, 0.5) is 0 Å². The predicted octanol–water partition coefficient (Wildman–Crippen LogP) is 1.72. The average Bonchev–Trinajstić information content (AvgIpc) is 3.09. The highest BCUT2D eigenvalue weighted by atomic mass is 16.5. The van der Waals surface area contributed by atoms with Gasteiger partial charge in [-0.25, -0.2) is 0 Å². The zero-order chi connectivity index (χ0) is 10.5. The fourth-order valence-electron chi connectivity index (χ4n) is 2.06. The van der Waals surface area contributed by atoms with Crippen molar-refractivity contribution in [1.29, 1.82) is 0 Å². The van der Waals surface area contributed by atoms with Crippen molar-refractivity contribution in [3.8, 4) is 0 Å². The Morgan fingerprint density at radius 3 is 2.80 bits per heavy atom.